The quantitative estimate of drug-likeness (QED) is 0.732. The molecule has 5 heteroatoms. The van der Waals surface area contributed by atoms with Crippen molar-refractivity contribution in [1.29, 1.82) is 0 Å². The van der Waals surface area contributed by atoms with E-state index in [9.17, 15) is 9.59 Å². The summed E-state index contributed by atoms with van der Waals surface area (Å²) in [5.41, 5.74) is 1.74. The van der Waals surface area contributed by atoms with E-state index in [4.69, 9.17) is 0 Å². The van der Waals surface area contributed by atoms with Crippen molar-refractivity contribution in [2.75, 3.05) is 13.1 Å². The minimum Gasteiger partial charge on any atom is -0.354 e. The highest BCUT2D eigenvalue weighted by Gasteiger charge is 2.05. The van der Waals surface area contributed by atoms with Crippen LogP contribution in [0.15, 0.2) is 59.1 Å². The van der Waals surface area contributed by atoms with E-state index < -0.39 is 0 Å². The smallest absolute Gasteiger partial charge is 0.251 e. The van der Waals surface area contributed by atoms with Crippen molar-refractivity contribution in [3.8, 4) is 0 Å². The van der Waals surface area contributed by atoms with Gasteiger partial charge < -0.3 is 10.6 Å². The third kappa shape index (κ3) is 6.24. The number of aryl methyl sites for hydroxylation is 1. The third-order valence-corrected chi connectivity index (χ3v) is 3.79. The van der Waals surface area contributed by atoms with Crippen molar-refractivity contribution < 1.29 is 9.59 Å². The largest absolute Gasteiger partial charge is 0.354 e. The van der Waals surface area contributed by atoms with Gasteiger partial charge in [0, 0.05) is 29.5 Å². The zero-order valence-corrected chi connectivity index (χ0v) is 14.3. The Bertz CT molecular complexity index is 659. The summed E-state index contributed by atoms with van der Waals surface area (Å²) in [6, 6.07) is 16.9. The summed E-state index contributed by atoms with van der Waals surface area (Å²) in [6.07, 6.45) is 1.13. The van der Waals surface area contributed by atoms with Gasteiger partial charge in [-0.15, -0.1) is 0 Å². The van der Waals surface area contributed by atoms with Crippen LogP contribution < -0.4 is 10.6 Å². The van der Waals surface area contributed by atoms with Crippen molar-refractivity contribution in [2.24, 2.45) is 0 Å². The molecule has 0 saturated heterocycles. The number of nitrogens with one attached hydrogen (secondary N) is 2. The molecule has 120 valence electrons. The third-order valence-electron chi connectivity index (χ3n) is 3.30. The number of carbonyl (C=O) groups is 2. The molecular weight excluding hydrogens is 356 g/mol. The lowest BCUT2D eigenvalue weighted by atomic mass is 10.1. The lowest BCUT2D eigenvalue weighted by Gasteiger charge is -2.07. The minimum absolute atomic E-state index is 0.0149. The number of hydrogen-bond acceptors (Lipinski definition) is 2. The first-order valence-electron chi connectivity index (χ1n) is 7.49. The molecule has 4 nitrogen and oxygen atoms in total. The van der Waals surface area contributed by atoms with Gasteiger partial charge in [-0.3, -0.25) is 9.59 Å². The molecule has 0 spiro atoms. The van der Waals surface area contributed by atoms with E-state index in [1.54, 1.807) is 12.1 Å². The zero-order chi connectivity index (χ0) is 16.5. The maximum absolute atomic E-state index is 11.8. The van der Waals surface area contributed by atoms with E-state index in [-0.39, 0.29) is 11.8 Å². The van der Waals surface area contributed by atoms with E-state index >= 15 is 0 Å². The first-order chi connectivity index (χ1) is 11.1. The summed E-state index contributed by atoms with van der Waals surface area (Å²) in [4.78, 5) is 23.6. The fourth-order valence-electron chi connectivity index (χ4n) is 2.11. The molecule has 2 aromatic carbocycles. The Kier molecular flexibility index (Phi) is 6.81. The van der Waals surface area contributed by atoms with E-state index in [0.29, 0.717) is 31.5 Å². The number of rotatable bonds is 7. The number of halogens is 1. The van der Waals surface area contributed by atoms with E-state index in [1.165, 1.54) is 0 Å². The summed E-state index contributed by atoms with van der Waals surface area (Å²) in [5, 5.41) is 5.58. The van der Waals surface area contributed by atoms with Gasteiger partial charge in [-0.1, -0.05) is 46.3 Å². The van der Waals surface area contributed by atoms with Crippen LogP contribution in [0.5, 0.6) is 0 Å². The van der Waals surface area contributed by atoms with Crippen molar-refractivity contribution in [3.63, 3.8) is 0 Å². The molecule has 0 heterocycles. The Morgan fingerprint density at radius 3 is 2.39 bits per heavy atom. The summed E-state index contributed by atoms with van der Waals surface area (Å²) in [5.74, 6) is -0.145. The SMILES string of the molecule is O=C(CCc1cccc(Br)c1)NCCNC(=O)c1ccccc1. The topological polar surface area (TPSA) is 58.2 Å². The second kappa shape index (κ2) is 9.10. The highest BCUT2D eigenvalue weighted by molar-refractivity contribution is 9.10. The van der Waals surface area contributed by atoms with Gasteiger partial charge >= 0.3 is 0 Å². The molecule has 0 aliphatic carbocycles. The molecule has 0 bridgehead atoms. The molecule has 0 aliphatic rings. The summed E-state index contributed by atoms with van der Waals surface area (Å²) in [7, 11) is 0. The Labute approximate surface area is 144 Å². The first kappa shape index (κ1) is 17.2. The van der Waals surface area contributed by atoms with Gasteiger partial charge in [-0.2, -0.15) is 0 Å². The zero-order valence-electron chi connectivity index (χ0n) is 12.7. The second-order valence-corrected chi connectivity index (χ2v) is 6.02. The van der Waals surface area contributed by atoms with Crippen molar-refractivity contribution in [1.82, 2.24) is 10.6 Å². The maximum Gasteiger partial charge on any atom is 0.251 e. The molecule has 0 fully saturated rings. The Balaban J connectivity index is 1.62. The highest BCUT2D eigenvalue weighted by Crippen LogP contribution is 2.12. The van der Waals surface area contributed by atoms with Gasteiger partial charge in [0.1, 0.15) is 0 Å². The molecule has 23 heavy (non-hydrogen) atoms. The van der Waals surface area contributed by atoms with Crippen LogP contribution in [-0.2, 0) is 11.2 Å². The van der Waals surface area contributed by atoms with Crippen LogP contribution in [0, 0.1) is 0 Å². The molecule has 0 aliphatic heterocycles. The number of carbonyl (C=O) groups excluding carboxylic acids is 2. The van der Waals surface area contributed by atoms with E-state index in [2.05, 4.69) is 26.6 Å². The van der Waals surface area contributed by atoms with Crippen LogP contribution in [0.4, 0.5) is 0 Å². The van der Waals surface area contributed by atoms with Crippen LogP contribution in [-0.4, -0.2) is 24.9 Å². The summed E-state index contributed by atoms with van der Waals surface area (Å²) in [6.45, 7) is 0.840. The van der Waals surface area contributed by atoms with Gasteiger partial charge in [0.05, 0.1) is 0 Å². The molecule has 0 saturated carbocycles. The monoisotopic (exact) mass is 374 g/mol. The van der Waals surface area contributed by atoms with Crippen LogP contribution in [0.3, 0.4) is 0 Å². The molecule has 2 rings (SSSR count). The molecule has 0 atom stereocenters. The van der Waals surface area contributed by atoms with Gasteiger partial charge in [-0.25, -0.2) is 0 Å². The van der Waals surface area contributed by atoms with Gasteiger partial charge in [-0.05, 0) is 36.2 Å². The highest BCUT2D eigenvalue weighted by atomic mass is 79.9. The van der Waals surface area contributed by atoms with Crippen molar-refractivity contribution >= 4 is 27.7 Å². The standard InChI is InChI=1S/C18H19BrN2O2/c19-16-8-4-5-14(13-16)9-10-17(22)20-11-12-21-18(23)15-6-2-1-3-7-15/h1-8,13H,9-12H2,(H,20,22)(H,21,23). The lowest BCUT2D eigenvalue weighted by molar-refractivity contribution is -0.121. The van der Waals surface area contributed by atoms with Crippen molar-refractivity contribution in [2.45, 2.75) is 12.8 Å². The molecule has 2 N–H and O–H groups in total. The average molecular weight is 375 g/mol. The molecule has 2 aromatic rings. The van der Waals surface area contributed by atoms with E-state index in [1.807, 2.05) is 42.5 Å². The molecule has 0 radical (unpaired) electrons. The number of benzene rings is 2. The normalized spacial score (nSPS) is 10.1. The predicted molar refractivity (Wildman–Crippen MR) is 94.2 cm³/mol. The van der Waals surface area contributed by atoms with Gasteiger partial charge in [0.25, 0.3) is 5.91 Å². The average Bonchev–Trinajstić information content (AvgIpc) is 2.57. The predicted octanol–water partition coefficient (Wildman–Crippen LogP) is 2.93. The Morgan fingerprint density at radius 1 is 0.913 bits per heavy atom. The molecule has 2 amide bonds. The van der Waals surface area contributed by atoms with Crippen molar-refractivity contribution in [3.05, 3.63) is 70.2 Å². The second-order valence-electron chi connectivity index (χ2n) is 5.10. The fraction of sp³-hybridized carbons (Fsp3) is 0.222. The lowest BCUT2D eigenvalue weighted by Crippen LogP contribution is -2.34. The van der Waals surface area contributed by atoms with Gasteiger partial charge in [0.2, 0.25) is 5.91 Å². The van der Waals surface area contributed by atoms with Crippen LogP contribution in [0.1, 0.15) is 22.3 Å². The summed E-state index contributed by atoms with van der Waals surface area (Å²) < 4.78 is 1.01. The van der Waals surface area contributed by atoms with Crippen LogP contribution >= 0.6 is 15.9 Å². The first-order valence-corrected chi connectivity index (χ1v) is 8.29. The fourth-order valence-corrected chi connectivity index (χ4v) is 2.55. The summed E-state index contributed by atoms with van der Waals surface area (Å²) >= 11 is 3.41. The number of amides is 2. The Morgan fingerprint density at radius 2 is 1.65 bits per heavy atom. The van der Waals surface area contributed by atoms with Gasteiger partial charge in [0.15, 0.2) is 0 Å². The molecular formula is C18H19BrN2O2. The van der Waals surface area contributed by atoms with Crippen LogP contribution in [0.25, 0.3) is 0 Å². The minimum atomic E-state index is -0.131. The maximum atomic E-state index is 11.8. The van der Waals surface area contributed by atoms with Crippen LogP contribution in [0.2, 0.25) is 0 Å². The number of hydrogen-bond donors (Lipinski definition) is 2. The Hall–Kier alpha value is -2.14. The molecule has 0 unspecified atom stereocenters. The van der Waals surface area contributed by atoms with E-state index in [0.717, 1.165) is 10.0 Å². The molecule has 0 aromatic heterocycles.